The molecule has 0 aliphatic heterocycles. The smallest absolute Gasteiger partial charge is 0.106 e. The number of nitrogens with zero attached hydrogens (tertiary/aromatic N) is 2. The average Bonchev–Trinajstić information content (AvgIpc) is 2.54. The van der Waals surface area contributed by atoms with Crippen molar-refractivity contribution in [3.05, 3.63) is 17.2 Å². The van der Waals surface area contributed by atoms with E-state index in [9.17, 15) is 0 Å². The van der Waals surface area contributed by atoms with Crippen molar-refractivity contribution in [2.24, 2.45) is 5.73 Å². The van der Waals surface area contributed by atoms with E-state index >= 15 is 0 Å². The molecule has 0 aromatic carbocycles. The van der Waals surface area contributed by atoms with E-state index in [-0.39, 0.29) is 0 Å². The van der Waals surface area contributed by atoms with Gasteiger partial charge in [-0.1, -0.05) is 0 Å². The first-order valence-corrected chi connectivity index (χ1v) is 6.00. The number of aromatic nitrogens is 2. The van der Waals surface area contributed by atoms with E-state index in [1.165, 1.54) is 42.9 Å². The fraction of sp³-hybridized carbons (Fsp3) is 0.750. The summed E-state index contributed by atoms with van der Waals surface area (Å²) in [7, 11) is 0. The summed E-state index contributed by atoms with van der Waals surface area (Å²) in [4.78, 5) is 4.68. The Hall–Kier alpha value is -0.830. The van der Waals surface area contributed by atoms with Crippen LogP contribution < -0.4 is 5.73 Å². The van der Waals surface area contributed by atoms with Crippen molar-refractivity contribution in [3.8, 4) is 0 Å². The highest BCUT2D eigenvalue weighted by molar-refractivity contribution is 5.20. The first-order valence-electron chi connectivity index (χ1n) is 6.00. The Morgan fingerprint density at radius 1 is 1.40 bits per heavy atom. The molecule has 1 aromatic rings. The molecule has 3 heteroatoms. The molecule has 0 radical (unpaired) electrons. The molecule has 0 spiro atoms. The highest BCUT2D eigenvalue weighted by Gasteiger charge is 2.20. The highest BCUT2D eigenvalue weighted by atomic mass is 15.1. The first-order chi connectivity index (χ1) is 7.24. The van der Waals surface area contributed by atoms with Crippen molar-refractivity contribution >= 4 is 0 Å². The monoisotopic (exact) mass is 207 g/mol. The number of aryl methyl sites for hydroxylation is 2. The Balaban J connectivity index is 2.32. The van der Waals surface area contributed by atoms with Crippen LogP contribution in [0, 0.1) is 6.92 Å². The normalized spacial score (nSPS) is 17.5. The second-order valence-electron chi connectivity index (χ2n) is 4.56. The number of hydrogen-bond donors (Lipinski definition) is 1. The molecule has 0 bridgehead atoms. The molecule has 84 valence electrons. The van der Waals surface area contributed by atoms with Gasteiger partial charge in [-0.05, 0) is 52.5 Å². The molecule has 2 rings (SSSR count). The number of nitrogens with two attached hydrogens (primary N) is 1. The molecule has 0 saturated heterocycles. The molecule has 1 aliphatic carbocycles. The van der Waals surface area contributed by atoms with Gasteiger partial charge in [-0.3, -0.25) is 0 Å². The third-order valence-electron chi connectivity index (χ3n) is 3.37. The van der Waals surface area contributed by atoms with E-state index in [0.29, 0.717) is 6.04 Å². The Labute approximate surface area is 91.7 Å². The molecule has 3 nitrogen and oxygen atoms in total. The van der Waals surface area contributed by atoms with Crippen molar-refractivity contribution < 1.29 is 0 Å². The molecule has 1 aromatic heterocycles. The van der Waals surface area contributed by atoms with E-state index in [4.69, 9.17) is 5.73 Å². The SMILES string of the molecule is Cc1nc2c(n1C(C)CCN)CCCC2. The van der Waals surface area contributed by atoms with Crippen LogP contribution in [0.4, 0.5) is 0 Å². The van der Waals surface area contributed by atoms with Gasteiger partial charge < -0.3 is 10.3 Å². The van der Waals surface area contributed by atoms with Crippen LogP contribution in [-0.4, -0.2) is 16.1 Å². The Kier molecular flexibility index (Phi) is 3.10. The van der Waals surface area contributed by atoms with Crippen molar-refractivity contribution in [2.45, 2.75) is 52.0 Å². The van der Waals surface area contributed by atoms with Gasteiger partial charge in [-0.2, -0.15) is 0 Å². The minimum Gasteiger partial charge on any atom is -0.330 e. The largest absolute Gasteiger partial charge is 0.330 e. The van der Waals surface area contributed by atoms with Gasteiger partial charge in [-0.15, -0.1) is 0 Å². The van der Waals surface area contributed by atoms with Crippen LogP contribution in [0.5, 0.6) is 0 Å². The summed E-state index contributed by atoms with van der Waals surface area (Å²) in [6.45, 7) is 5.12. The van der Waals surface area contributed by atoms with Crippen LogP contribution in [0.1, 0.15) is 49.4 Å². The van der Waals surface area contributed by atoms with Gasteiger partial charge in [0, 0.05) is 11.7 Å². The fourth-order valence-electron chi connectivity index (χ4n) is 2.65. The van der Waals surface area contributed by atoms with Crippen molar-refractivity contribution in [1.82, 2.24) is 9.55 Å². The first kappa shape index (κ1) is 10.7. The Bertz CT molecular complexity index is 341. The van der Waals surface area contributed by atoms with Gasteiger partial charge in [0.1, 0.15) is 5.82 Å². The minimum atomic E-state index is 0.504. The van der Waals surface area contributed by atoms with Crippen LogP contribution in [0.3, 0.4) is 0 Å². The van der Waals surface area contributed by atoms with E-state index in [2.05, 4.69) is 23.4 Å². The van der Waals surface area contributed by atoms with Crippen LogP contribution >= 0.6 is 0 Å². The zero-order valence-electron chi connectivity index (χ0n) is 9.79. The van der Waals surface area contributed by atoms with E-state index in [1.54, 1.807) is 0 Å². The number of fused-ring (bicyclic) bond motifs is 1. The zero-order valence-corrected chi connectivity index (χ0v) is 9.79. The molecule has 0 saturated carbocycles. The molecule has 1 aliphatic rings. The van der Waals surface area contributed by atoms with E-state index in [0.717, 1.165) is 13.0 Å². The number of imidazole rings is 1. The highest BCUT2D eigenvalue weighted by Crippen LogP contribution is 2.26. The van der Waals surface area contributed by atoms with Crippen LogP contribution in [0.2, 0.25) is 0 Å². The van der Waals surface area contributed by atoms with E-state index in [1.807, 2.05) is 0 Å². The lowest BCUT2D eigenvalue weighted by molar-refractivity contribution is 0.477. The van der Waals surface area contributed by atoms with Gasteiger partial charge in [0.25, 0.3) is 0 Å². The third-order valence-corrected chi connectivity index (χ3v) is 3.37. The summed E-state index contributed by atoms with van der Waals surface area (Å²) in [5, 5.41) is 0. The summed E-state index contributed by atoms with van der Waals surface area (Å²) in [6.07, 6.45) is 6.02. The topological polar surface area (TPSA) is 43.8 Å². The minimum absolute atomic E-state index is 0.504. The molecule has 1 atom stereocenters. The summed E-state index contributed by atoms with van der Waals surface area (Å²) in [5.74, 6) is 1.17. The number of rotatable bonds is 3. The lowest BCUT2D eigenvalue weighted by atomic mass is 10.0. The second-order valence-corrected chi connectivity index (χ2v) is 4.56. The van der Waals surface area contributed by atoms with Gasteiger partial charge >= 0.3 is 0 Å². The van der Waals surface area contributed by atoms with Crippen LogP contribution in [-0.2, 0) is 12.8 Å². The molecule has 1 heterocycles. The lowest BCUT2D eigenvalue weighted by Crippen LogP contribution is -2.16. The lowest BCUT2D eigenvalue weighted by Gasteiger charge is -2.20. The predicted molar refractivity (Wildman–Crippen MR) is 62.0 cm³/mol. The molecule has 1 unspecified atom stereocenters. The maximum absolute atomic E-state index is 5.63. The molecular weight excluding hydrogens is 186 g/mol. The fourth-order valence-corrected chi connectivity index (χ4v) is 2.65. The second kappa shape index (κ2) is 4.35. The summed E-state index contributed by atoms with van der Waals surface area (Å²) < 4.78 is 2.40. The summed E-state index contributed by atoms with van der Waals surface area (Å²) in [5.41, 5.74) is 8.44. The quantitative estimate of drug-likeness (QED) is 0.823. The molecular formula is C12H21N3. The van der Waals surface area contributed by atoms with Crippen molar-refractivity contribution in [3.63, 3.8) is 0 Å². The van der Waals surface area contributed by atoms with Gasteiger partial charge in [-0.25, -0.2) is 4.98 Å². The Morgan fingerprint density at radius 3 is 2.87 bits per heavy atom. The third kappa shape index (κ3) is 1.93. The molecule has 0 amide bonds. The van der Waals surface area contributed by atoms with Gasteiger partial charge in [0.05, 0.1) is 5.69 Å². The van der Waals surface area contributed by atoms with Gasteiger partial charge in [0.15, 0.2) is 0 Å². The average molecular weight is 207 g/mol. The Morgan fingerprint density at radius 2 is 2.13 bits per heavy atom. The van der Waals surface area contributed by atoms with Crippen LogP contribution in [0.25, 0.3) is 0 Å². The summed E-state index contributed by atoms with van der Waals surface area (Å²) in [6, 6.07) is 0.504. The van der Waals surface area contributed by atoms with Crippen molar-refractivity contribution in [2.75, 3.05) is 6.54 Å². The molecule has 15 heavy (non-hydrogen) atoms. The summed E-state index contributed by atoms with van der Waals surface area (Å²) >= 11 is 0. The molecule has 0 fully saturated rings. The molecule has 2 N–H and O–H groups in total. The maximum atomic E-state index is 5.63. The van der Waals surface area contributed by atoms with E-state index < -0.39 is 0 Å². The van der Waals surface area contributed by atoms with Crippen LogP contribution in [0.15, 0.2) is 0 Å². The maximum Gasteiger partial charge on any atom is 0.106 e. The zero-order chi connectivity index (χ0) is 10.8. The number of hydrogen-bond acceptors (Lipinski definition) is 2. The predicted octanol–water partition coefficient (Wildman–Crippen LogP) is 1.98. The van der Waals surface area contributed by atoms with Crippen molar-refractivity contribution in [1.29, 1.82) is 0 Å². The van der Waals surface area contributed by atoms with Gasteiger partial charge in [0.2, 0.25) is 0 Å². The standard InChI is InChI=1S/C12H21N3/c1-9(7-8-13)15-10(2)14-11-5-3-4-6-12(11)15/h9H,3-8,13H2,1-2H3.